The van der Waals surface area contributed by atoms with Gasteiger partial charge in [0.05, 0.1) is 0 Å². The minimum Gasteiger partial charge on any atom is -0.300 e. The molecule has 0 bridgehead atoms. The first kappa shape index (κ1) is 10.2. The molecule has 0 radical (unpaired) electrons. The number of hydrogen-bond acceptors (Lipinski definition) is 2. The van der Waals surface area contributed by atoms with Crippen molar-refractivity contribution >= 4 is 5.78 Å². The summed E-state index contributed by atoms with van der Waals surface area (Å²) in [6, 6.07) is 0.843. The fraction of sp³-hybridized carbons (Fsp3) is 0.917. The van der Waals surface area contributed by atoms with Crippen LogP contribution in [0.4, 0.5) is 0 Å². The lowest BCUT2D eigenvalue weighted by Crippen LogP contribution is -2.58. The second kappa shape index (κ2) is 3.65. The molecule has 1 saturated heterocycles. The van der Waals surface area contributed by atoms with E-state index in [9.17, 15) is 4.79 Å². The number of ketones is 1. The van der Waals surface area contributed by atoms with Crippen molar-refractivity contribution in [2.24, 2.45) is 5.41 Å². The molecule has 80 valence electrons. The van der Waals surface area contributed by atoms with Crippen molar-refractivity contribution in [2.45, 2.75) is 52.0 Å². The van der Waals surface area contributed by atoms with Crippen LogP contribution in [-0.2, 0) is 4.79 Å². The summed E-state index contributed by atoms with van der Waals surface area (Å²) in [5.41, 5.74) is 0.300. The van der Waals surface area contributed by atoms with Gasteiger partial charge >= 0.3 is 0 Å². The molecular formula is C12H21NO. The van der Waals surface area contributed by atoms with Crippen LogP contribution < -0.4 is 0 Å². The Morgan fingerprint density at radius 1 is 1.36 bits per heavy atom. The van der Waals surface area contributed by atoms with Crippen molar-refractivity contribution in [3.05, 3.63) is 0 Å². The molecule has 14 heavy (non-hydrogen) atoms. The van der Waals surface area contributed by atoms with Gasteiger partial charge in [0.25, 0.3) is 0 Å². The second-order valence-corrected chi connectivity index (χ2v) is 5.53. The Balaban J connectivity index is 1.79. The number of likely N-dealkylation sites (tertiary alicyclic amines) is 1. The Labute approximate surface area is 86.7 Å². The zero-order valence-electron chi connectivity index (χ0n) is 9.38. The molecular weight excluding hydrogens is 174 g/mol. The van der Waals surface area contributed by atoms with Crippen molar-refractivity contribution in [1.82, 2.24) is 4.90 Å². The Kier molecular flexibility index (Phi) is 2.65. The van der Waals surface area contributed by atoms with E-state index in [1.165, 1.54) is 25.7 Å². The fourth-order valence-electron chi connectivity index (χ4n) is 3.17. The van der Waals surface area contributed by atoms with Crippen molar-refractivity contribution in [1.29, 1.82) is 0 Å². The standard InChI is InChI=1S/C12H21NO/c1-10(14)7-12(2)8-13(9-12)11-5-3-4-6-11/h11H,3-9H2,1-2H3. The van der Waals surface area contributed by atoms with Crippen molar-refractivity contribution < 1.29 is 4.79 Å². The lowest BCUT2D eigenvalue weighted by atomic mass is 9.77. The minimum absolute atomic E-state index is 0.300. The molecule has 1 aliphatic heterocycles. The number of Topliss-reactive ketones (excluding diaryl/α,β-unsaturated/α-hetero) is 1. The molecule has 2 rings (SSSR count). The fourth-order valence-corrected chi connectivity index (χ4v) is 3.17. The molecule has 2 heteroatoms. The Morgan fingerprint density at radius 2 is 1.93 bits per heavy atom. The zero-order valence-corrected chi connectivity index (χ0v) is 9.38. The Morgan fingerprint density at radius 3 is 2.43 bits per heavy atom. The molecule has 0 aromatic heterocycles. The summed E-state index contributed by atoms with van der Waals surface area (Å²) >= 11 is 0. The average molecular weight is 195 g/mol. The third-order valence-electron chi connectivity index (χ3n) is 3.69. The molecule has 0 N–H and O–H groups in total. The second-order valence-electron chi connectivity index (χ2n) is 5.53. The van der Waals surface area contributed by atoms with Gasteiger partial charge in [0.1, 0.15) is 5.78 Å². The maximum atomic E-state index is 11.1. The topological polar surface area (TPSA) is 20.3 Å². The Bertz CT molecular complexity index is 224. The number of hydrogen-bond donors (Lipinski definition) is 0. The number of carbonyl (C=O) groups is 1. The molecule has 0 unspecified atom stereocenters. The summed E-state index contributed by atoms with van der Waals surface area (Å²) in [4.78, 5) is 13.6. The number of rotatable bonds is 3. The van der Waals surface area contributed by atoms with E-state index in [1.807, 2.05) is 0 Å². The van der Waals surface area contributed by atoms with E-state index < -0.39 is 0 Å². The molecule has 0 aromatic carbocycles. The minimum atomic E-state index is 0.300. The van der Waals surface area contributed by atoms with E-state index in [-0.39, 0.29) is 0 Å². The lowest BCUT2D eigenvalue weighted by molar-refractivity contribution is -0.123. The van der Waals surface area contributed by atoms with Gasteiger partial charge in [-0.3, -0.25) is 4.90 Å². The summed E-state index contributed by atoms with van der Waals surface area (Å²) in [6.07, 6.45) is 6.36. The van der Waals surface area contributed by atoms with Gasteiger partial charge in [0.15, 0.2) is 0 Å². The highest BCUT2D eigenvalue weighted by molar-refractivity contribution is 5.76. The van der Waals surface area contributed by atoms with E-state index in [0.717, 1.165) is 25.6 Å². The summed E-state index contributed by atoms with van der Waals surface area (Å²) in [6.45, 7) is 6.26. The van der Waals surface area contributed by atoms with Crippen LogP contribution in [0.1, 0.15) is 46.0 Å². The van der Waals surface area contributed by atoms with Gasteiger partial charge in [-0.15, -0.1) is 0 Å². The van der Waals surface area contributed by atoms with Crippen LogP contribution in [0.5, 0.6) is 0 Å². The first-order chi connectivity index (χ1) is 6.59. The van der Waals surface area contributed by atoms with Crippen LogP contribution in [0.2, 0.25) is 0 Å². The highest BCUT2D eigenvalue weighted by Crippen LogP contribution is 2.38. The van der Waals surface area contributed by atoms with E-state index in [2.05, 4.69) is 11.8 Å². The average Bonchev–Trinajstić information content (AvgIpc) is 2.49. The van der Waals surface area contributed by atoms with Crippen LogP contribution in [0, 0.1) is 5.41 Å². The first-order valence-corrected chi connectivity index (χ1v) is 5.83. The molecule has 2 nitrogen and oxygen atoms in total. The molecule has 2 aliphatic rings. The van der Waals surface area contributed by atoms with Crippen LogP contribution in [-0.4, -0.2) is 29.8 Å². The maximum Gasteiger partial charge on any atom is 0.130 e. The van der Waals surface area contributed by atoms with Crippen molar-refractivity contribution in [2.75, 3.05) is 13.1 Å². The van der Waals surface area contributed by atoms with Crippen LogP contribution >= 0.6 is 0 Å². The normalized spacial score (nSPS) is 27.6. The predicted molar refractivity (Wildman–Crippen MR) is 57.2 cm³/mol. The van der Waals surface area contributed by atoms with E-state index in [1.54, 1.807) is 6.92 Å². The van der Waals surface area contributed by atoms with Crippen molar-refractivity contribution in [3.8, 4) is 0 Å². The summed E-state index contributed by atoms with van der Waals surface area (Å²) < 4.78 is 0. The van der Waals surface area contributed by atoms with Gasteiger partial charge < -0.3 is 4.79 Å². The number of carbonyl (C=O) groups excluding carboxylic acids is 1. The van der Waals surface area contributed by atoms with Crippen LogP contribution in [0.15, 0.2) is 0 Å². The van der Waals surface area contributed by atoms with Gasteiger partial charge in [-0.2, -0.15) is 0 Å². The van der Waals surface area contributed by atoms with E-state index in [0.29, 0.717) is 11.2 Å². The van der Waals surface area contributed by atoms with E-state index in [4.69, 9.17) is 0 Å². The molecule has 1 heterocycles. The highest BCUT2D eigenvalue weighted by Gasteiger charge is 2.42. The van der Waals surface area contributed by atoms with Crippen LogP contribution in [0.3, 0.4) is 0 Å². The molecule has 0 atom stereocenters. The smallest absolute Gasteiger partial charge is 0.130 e. The van der Waals surface area contributed by atoms with Gasteiger partial charge in [-0.05, 0) is 25.2 Å². The number of nitrogens with zero attached hydrogens (tertiary/aromatic N) is 1. The van der Waals surface area contributed by atoms with E-state index >= 15 is 0 Å². The largest absolute Gasteiger partial charge is 0.300 e. The molecule has 0 spiro atoms. The quantitative estimate of drug-likeness (QED) is 0.688. The Hall–Kier alpha value is -0.370. The molecule has 1 saturated carbocycles. The SMILES string of the molecule is CC(=O)CC1(C)CN(C2CCCC2)C1. The third-order valence-corrected chi connectivity index (χ3v) is 3.69. The monoisotopic (exact) mass is 195 g/mol. The summed E-state index contributed by atoms with van der Waals surface area (Å²) in [5.74, 6) is 0.346. The predicted octanol–water partition coefficient (Wildman–Crippen LogP) is 2.23. The lowest BCUT2D eigenvalue weighted by Gasteiger charge is -2.50. The van der Waals surface area contributed by atoms with Gasteiger partial charge in [-0.1, -0.05) is 19.8 Å². The molecule has 2 fully saturated rings. The molecule has 0 amide bonds. The third kappa shape index (κ3) is 2.00. The molecule has 0 aromatic rings. The maximum absolute atomic E-state index is 11.1. The zero-order chi connectivity index (χ0) is 10.2. The van der Waals surface area contributed by atoms with Gasteiger partial charge in [0, 0.05) is 25.6 Å². The highest BCUT2D eigenvalue weighted by atomic mass is 16.1. The van der Waals surface area contributed by atoms with Gasteiger partial charge in [0.2, 0.25) is 0 Å². The summed E-state index contributed by atoms with van der Waals surface area (Å²) in [5, 5.41) is 0. The van der Waals surface area contributed by atoms with Crippen LogP contribution in [0.25, 0.3) is 0 Å². The molecule has 1 aliphatic carbocycles. The first-order valence-electron chi connectivity index (χ1n) is 5.83. The summed E-state index contributed by atoms with van der Waals surface area (Å²) in [7, 11) is 0. The van der Waals surface area contributed by atoms with Crippen molar-refractivity contribution in [3.63, 3.8) is 0 Å². The van der Waals surface area contributed by atoms with Gasteiger partial charge in [-0.25, -0.2) is 0 Å².